The summed E-state index contributed by atoms with van der Waals surface area (Å²) in [7, 11) is -1.04. The van der Waals surface area contributed by atoms with Crippen molar-refractivity contribution in [3.05, 3.63) is 89.5 Å². The molecule has 196 valence electrons. The van der Waals surface area contributed by atoms with Gasteiger partial charge >= 0.3 is 0 Å². The Bertz CT molecular complexity index is 1340. The third-order valence-corrected chi connectivity index (χ3v) is 7.79. The maximum atomic E-state index is 13.8. The molecule has 0 heterocycles. The minimum absolute atomic E-state index is 0.0701. The number of hydrogen-bond donors (Lipinski definition) is 1. The van der Waals surface area contributed by atoms with Gasteiger partial charge in [-0.15, -0.1) is 0 Å². The maximum absolute atomic E-state index is 13.8. The zero-order chi connectivity index (χ0) is 27.2. The monoisotopic (exact) mass is 523 g/mol. The second-order valence-electron chi connectivity index (χ2n) is 8.83. The summed E-state index contributed by atoms with van der Waals surface area (Å²) in [6.45, 7) is 4.97. The van der Waals surface area contributed by atoms with E-state index in [9.17, 15) is 18.0 Å². The van der Waals surface area contributed by atoms with E-state index in [-0.39, 0.29) is 17.3 Å². The van der Waals surface area contributed by atoms with Gasteiger partial charge in [0.05, 0.1) is 17.7 Å². The van der Waals surface area contributed by atoms with Crippen LogP contribution in [0.3, 0.4) is 0 Å². The molecule has 0 fully saturated rings. The minimum atomic E-state index is -4.09. The molecule has 0 aliphatic rings. The molecule has 2 amide bonds. The maximum Gasteiger partial charge on any atom is 0.264 e. The smallest absolute Gasteiger partial charge is 0.264 e. The molecule has 0 radical (unpaired) electrons. The molecule has 0 aliphatic carbocycles. The number of hydrogen-bond acceptors (Lipinski definition) is 5. The Morgan fingerprint density at radius 3 is 2.19 bits per heavy atom. The molecule has 0 saturated heterocycles. The molecule has 3 rings (SSSR count). The number of anilines is 1. The Balaban J connectivity index is 2.05. The molecular weight excluding hydrogens is 490 g/mol. The fourth-order valence-corrected chi connectivity index (χ4v) is 5.52. The van der Waals surface area contributed by atoms with E-state index in [0.29, 0.717) is 11.4 Å². The van der Waals surface area contributed by atoms with E-state index in [0.717, 1.165) is 21.0 Å². The summed E-state index contributed by atoms with van der Waals surface area (Å²) in [5.41, 5.74) is 2.85. The number of likely N-dealkylation sites (N-methyl/N-ethyl adjacent to an activating group) is 1. The molecule has 1 N–H and O–H groups in total. The van der Waals surface area contributed by atoms with Crippen molar-refractivity contribution >= 4 is 27.5 Å². The molecule has 8 nitrogen and oxygen atoms in total. The van der Waals surface area contributed by atoms with Gasteiger partial charge in [0.15, 0.2) is 0 Å². The summed E-state index contributed by atoms with van der Waals surface area (Å²) >= 11 is 0. The van der Waals surface area contributed by atoms with Gasteiger partial charge < -0.3 is 15.0 Å². The van der Waals surface area contributed by atoms with Gasteiger partial charge in [-0.3, -0.25) is 13.9 Å². The highest BCUT2D eigenvalue weighted by molar-refractivity contribution is 7.92. The van der Waals surface area contributed by atoms with Crippen LogP contribution in [0.4, 0.5) is 5.69 Å². The molecular formula is C28H33N3O5S. The van der Waals surface area contributed by atoms with Crippen LogP contribution < -0.4 is 14.4 Å². The number of amides is 2. The van der Waals surface area contributed by atoms with Crippen LogP contribution in [0.15, 0.2) is 77.7 Å². The number of sulfonamides is 1. The van der Waals surface area contributed by atoms with Crippen LogP contribution in [0, 0.1) is 13.8 Å². The number of nitrogens with zero attached hydrogens (tertiary/aromatic N) is 2. The standard InChI is InChI=1S/C28H33N3O5S/c1-20-14-21(2)16-24(15-20)31(37(34,35)26-12-7-6-8-13-26)19-27(32)30(22(3)28(33)29-4)18-23-10-9-11-25(17-23)36-5/h6-17,22H,18-19H2,1-5H3,(H,29,33). The third kappa shape index (κ3) is 6.68. The Morgan fingerprint density at radius 1 is 0.946 bits per heavy atom. The highest BCUT2D eigenvalue weighted by Crippen LogP contribution is 2.27. The van der Waals surface area contributed by atoms with Gasteiger partial charge in [0.1, 0.15) is 18.3 Å². The predicted octanol–water partition coefficient (Wildman–Crippen LogP) is 3.67. The van der Waals surface area contributed by atoms with Crippen molar-refractivity contribution in [2.75, 3.05) is 25.0 Å². The molecule has 3 aromatic carbocycles. The molecule has 0 spiro atoms. The summed E-state index contributed by atoms with van der Waals surface area (Å²) in [6, 6.07) is 19.7. The number of rotatable bonds is 10. The molecule has 37 heavy (non-hydrogen) atoms. The van der Waals surface area contributed by atoms with Gasteiger partial charge in [-0.2, -0.15) is 0 Å². The first-order chi connectivity index (χ1) is 17.6. The Morgan fingerprint density at radius 2 is 1.59 bits per heavy atom. The van der Waals surface area contributed by atoms with Crippen LogP contribution in [0.25, 0.3) is 0 Å². The van der Waals surface area contributed by atoms with Crippen LogP contribution in [-0.4, -0.2) is 51.9 Å². The van der Waals surface area contributed by atoms with Crippen LogP contribution in [-0.2, 0) is 26.2 Å². The molecule has 1 unspecified atom stereocenters. The number of methoxy groups -OCH3 is 1. The highest BCUT2D eigenvalue weighted by atomic mass is 32.2. The first-order valence-electron chi connectivity index (χ1n) is 11.9. The Hall–Kier alpha value is -3.85. The van der Waals surface area contributed by atoms with Crippen molar-refractivity contribution < 1.29 is 22.7 Å². The normalized spacial score (nSPS) is 11.9. The zero-order valence-electron chi connectivity index (χ0n) is 21.8. The SMILES string of the molecule is CNC(=O)C(C)N(Cc1cccc(OC)c1)C(=O)CN(c1cc(C)cc(C)c1)S(=O)(=O)c1ccccc1. The number of benzene rings is 3. The lowest BCUT2D eigenvalue weighted by Gasteiger charge is -2.32. The number of carbonyl (C=O) groups excluding carboxylic acids is 2. The third-order valence-electron chi connectivity index (χ3n) is 6.01. The van der Waals surface area contributed by atoms with Crippen molar-refractivity contribution in [3.63, 3.8) is 0 Å². The van der Waals surface area contributed by atoms with Crippen molar-refractivity contribution in [1.29, 1.82) is 0 Å². The molecule has 9 heteroatoms. The average Bonchev–Trinajstić information content (AvgIpc) is 2.89. The number of carbonyl (C=O) groups is 2. The van der Waals surface area contributed by atoms with Crippen LogP contribution >= 0.6 is 0 Å². The Labute approximate surface area is 218 Å². The summed E-state index contributed by atoms with van der Waals surface area (Å²) < 4.78 is 34.0. The van der Waals surface area contributed by atoms with Gasteiger partial charge in [0.25, 0.3) is 10.0 Å². The van der Waals surface area contributed by atoms with Gasteiger partial charge in [-0.05, 0) is 73.9 Å². The summed E-state index contributed by atoms with van der Waals surface area (Å²) in [5, 5.41) is 2.58. The van der Waals surface area contributed by atoms with Crippen molar-refractivity contribution in [2.45, 2.75) is 38.3 Å². The summed E-state index contributed by atoms with van der Waals surface area (Å²) in [5.74, 6) is -0.265. The fourth-order valence-electron chi connectivity index (χ4n) is 4.10. The Kier molecular flexibility index (Phi) is 8.94. The lowest BCUT2D eigenvalue weighted by atomic mass is 10.1. The van der Waals surface area contributed by atoms with E-state index in [1.165, 1.54) is 24.1 Å². The van der Waals surface area contributed by atoms with Gasteiger partial charge in [0, 0.05) is 13.6 Å². The second-order valence-corrected chi connectivity index (χ2v) is 10.7. The summed E-state index contributed by atoms with van der Waals surface area (Å²) in [4.78, 5) is 27.8. The average molecular weight is 524 g/mol. The van der Waals surface area contributed by atoms with Crippen LogP contribution in [0.5, 0.6) is 5.75 Å². The van der Waals surface area contributed by atoms with Crippen LogP contribution in [0.1, 0.15) is 23.6 Å². The largest absolute Gasteiger partial charge is 0.497 e. The molecule has 1 atom stereocenters. The molecule has 0 aromatic heterocycles. The van der Waals surface area contributed by atoms with Gasteiger partial charge in [-0.25, -0.2) is 8.42 Å². The van der Waals surface area contributed by atoms with E-state index in [1.807, 2.05) is 26.0 Å². The summed E-state index contributed by atoms with van der Waals surface area (Å²) in [6.07, 6.45) is 0. The molecule has 0 bridgehead atoms. The van der Waals surface area contributed by atoms with Gasteiger partial charge in [0.2, 0.25) is 11.8 Å². The van der Waals surface area contributed by atoms with Crippen molar-refractivity contribution in [2.24, 2.45) is 0 Å². The lowest BCUT2D eigenvalue weighted by Crippen LogP contribution is -2.50. The van der Waals surface area contributed by atoms with E-state index in [4.69, 9.17) is 4.74 Å². The fraction of sp³-hybridized carbons (Fsp3) is 0.286. The minimum Gasteiger partial charge on any atom is -0.497 e. The van der Waals surface area contributed by atoms with Crippen LogP contribution in [0.2, 0.25) is 0 Å². The first kappa shape index (κ1) is 27.7. The molecule has 3 aromatic rings. The van der Waals surface area contributed by atoms with Crippen molar-refractivity contribution in [1.82, 2.24) is 10.2 Å². The van der Waals surface area contributed by atoms with Crippen molar-refractivity contribution in [3.8, 4) is 5.75 Å². The topological polar surface area (TPSA) is 96.0 Å². The molecule has 0 aliphatic heterocycles. The lowest BCUT2D eigenvalue weighted by molar-refractivity contribution is -0.139. The van der Waals surface area contributed by atoms with E-state index >= 15 is 0 Å². The van der Waals surface area contributed by atoms with Gasteiger partial charge in [-0.1, -0.05) is 36.4 Å². The van der Waals surface area contributed by atoms with E-state index in [2.05, 4.69) is 5.32 Å². The predicted molar refractivity (Wildman–Crippen MR) is 144 cm³/mol. The highest BCUT2D eigenvalue weighted by Gasteiger charge is 2.32. The zero-order valence-corrected chi connectivity index (χ0v) is 22.6. The van der Waals surface area contributed by atoms with E-state index < -0.39 is 28.5 Å². The quantitative estimate of drug-likeness (QED) is 0.438. The number of ether oxygens (including phenoxy) is 1. The number of nitrogens with one attached hydrogen (secondary N) is 1. The van der Waals surface area contributed by atoms with E-state index in [1.54, 1.807) is 62.6 Å². The first-order valence-corrected chi connectivity index (χ1v) is 13.3. The molecule has 0 saturated carbocycles. The second kappa shape index (κ2) is 11.9. The number of aryl methyl sites for hydroxylation is 2.